The maximum atomic E-state index is 12.7. The van der Waals surface area contributed by atoms with Crippen molar-refractivity contribution in [3.8, 4) is 0 Å². The van der Waals surface area contributed by atoms with E-state index >= 15 is 0 Å². The third-order valence-electron chi connectivity index (χ3n) is 4.11. The van der Waals surface area contributed by atoms with E-state index in [1.54, 1.807) is 6.07 Å². The average molecular weight is 301 g/mol. The van der Waals surface area contributed by atoms with Gasteiger partial charge in [-0.2, -0.15) is 13.2 Å². The van der Waals surface area contributed by atoms with Crippen molar-refractivity contribution < 1.29 is 18.3 Å². The van der Waals surface area contributed by atoms with Crippen LogP contribution in [0.1, 0.15) is 37.3 Å². The number of aliphatic hydroxyl groups is 1. The van der Waals surface area contributed by atoms with Gasteiger partial charge in [-0.1, -0.05) is 25.1 Å². The molecular formula is C16H22F3NO. The summed E-state index contributed by atoms with van der Waals surface area (Å²) in [6.07, 6.45) is -1.74. The topological polar surface area (TPSA) is 23.5 Å². The van der Waals surface area contributed by atoms with Gasteiger partial charge in [-0.25, -0.2) is 0 Å². The standard InChI is InChI=1S/C16H22F3NO/c1-2-8-20-9-6-15(21,7-10-20)12-13-4-3-5-14(11-13)16(17,18)19/h3-5,11,21H,2,6-10,12H2,1H3. The van der Waals surface area contributed by atoms with E-state index in [9.17, 15) is 18.3 Å². The van der Waals surface area contributed by atoms with Gasteiger partial charge in [-0.05, 0) is 37.4 Å². The second-order valence-corrected chi connectivity index (χ2v) is 5.94. The summed E-state index contributed by atoms with van der Waals surface area (Å²) in [5.41, 5.74) is -0.975. The van der Waals surface area contributed by atoms with Crippen molar-refractivity contribution in [2.75, 3.05) is 19.6 Å². The predicted octanol–water partition coefficient (Wildman–Crippen LogP) is 3.48. The maximum absolute atomic E-state index is 12.7. The first-order chi connectivity index (χ1) is 9.82. The van der Waals surface area contributed by atoms with Crippen molar-refractivity contribution >= 4 is 0 Å². The highest BCUT2D eigenvalue weighted by molar-refractivity contribution is 5.27. The Labute approximate surface area is 123 Å². The molecule has 0 radical (unpaired) electrons. The van der Waals surface area contributed by atoms with Crippen LogP contribution < -0.4 is 0 Å². The number of halogens is 3. The largest absolute Gasteiger partial charge is 0.416 e. The molecule has 1 heterocycles. The van der Waals surface area contributed by atoms with Crippen LogP contribution in [-0.2, 0) is 12.6 Å². The minimum absolute atomic E-state index is 0.289. The number of hydrogen-bond acceptors (Lipinski definition) is 2. The van der Waals surface area contributed by atoms with Crippen LogP contribution in [0.4, 0.5) is 13.2 Å². The summed E-state index contributed by atoms with van der Waals surface area (Å²) >= 11 is 0. The fourth-order valence-corrected chi connectivity index (χ4v) is 2.92. The molecule has 118 valence electrons. The summed E-state index contributed by atoms with van der Waals surface area (Å²) in [7, 11) is 0. The van der Waals surface area contributed by atoms with Gasteiger partial charge in [0.05, 0.1) is 11.2 Å². The highest BCUT2D eigenvalue weighted by Gasteiger charge is 2.34. The monoisotopic (exact) mass is 301 g/mol. The average Bonchev–Trinajstić information content (AvgIpc) is 2.41. The zero-order valence-electron chi connectivity index (χ0n) is 12.3. The van der Waals surface area contributed by atoms with E-state index in [0.717, 1.165) is 38.2 Å². The van der Waals surface area contributed by atoms with E-state index in [1.807, 2.05) is 0 Å². The number of hydrogen-bond donors (Lipinski definition) is 1. The van der Waals surface area contributed by atoms with Gasteiger partial charge in [0.1, 0.15) is 0 Å². The van der Waals surface area contributed by atoms with Crippen LogP contribution in [0.2, 0.25) is 0 Å². The van der Waals surface area contributed by atoms with Gasteiger partial charge in [0.2, 0.25) is 0 Å². The molecule has 0 atom stereocenters. The summed E-state index contributed by atoms with van der Waals surface area (Å²) in [5, 5.41) is 10.6. The summed E-state index contributed by atoms with van der Waals surface area (Å²) in [4.78, 5) is 2.29. The molecule has 21 heavy (non-hydrogen) atoms. The van der Waals surface area contributed by atoms with Gasteiger partial charge >= 0.3 is 6.18 Å². The SMILES string of the molecule is CCCN1CCC(O)(Cc2cccc(C(F)(F)F)c2)CC1. The van der Waals surface area contributed by atoms with Gasteiger partial charge in [0.25, 0.3) is 0 Å². The molecule has 1 saturated heterocycles. The lowest BCUT2D eigenvalue weighted by molar-refractivity contribution is -0.137. The van der Waals surface area contributed by atoms with Gasteiger partial charge in [0.15, 0.2) is 0 Å². The number of alkyl halides is 3. The van der Waals surface area contributed by atoms with Crippen LogP contribution in [-0.4, -0.2) is 35.2 Å². The van der Waals surface area contributed by atoms with E-state index < -0.39 is 17.3 Å². The van der Waals surface area contributed by atoms with Crippen LogP contribution in [0.3, 0.4) is 0 Å². The van der Waals surface area contributed by atoms with Crippen LogP contribution in [0.15, 0.2) is 24.3 Å². The zero-order valence-corrected chi connectivity index (χ0v) is 12.3. The minimum Gasteiger partial charge on any atom is -0.389 e. The Kier molecular flexibility index (Phi) is 4.94. The van der Waals surface area contributed by atoms with E-state index in [0.29, 0.717) is 18.4 Å². The molecule has 1 aliphatic heterocycles. The summed E-state index contributed by atoms with van der Waals surface area (Å²) in [6, 6.07) is 5.28. The number of benzene rings is 1. The number of nitrogens with zero attached hydrogens (tertiary/aromatic N) is 1. The molecule has 0 bridgehead atoms. The Morgan fingerprint density at radius 2 is 1.90 bits per heavy atom. The second kappa shape index (κ2) is 6.36. The molecule has 0 saturated carbocycles. The lowest BCUT2D eigenvalue weighted by Gasteiger charge is -2.38. The van der Waals surface area contributed by atoms with Gasteiger partial charge in [-0.3, -0.25) is 0 Å². The van der Waals surface area contributed by atoms with Gasteiger partial charge in [0, 0.05) is 19.5 Å². The molecule has 2 nitrogen and oxygen atoms in total. The molecule has 5 heteroatoms. The molecule has 0 amide bonds. The van der Waals surface area contributed by atoms with E-state index in [4.69, 9.17) is 0 Å². The van der Waals surface area contributed by atoms with Crippen molar-refractivity contribution in [3.05, 3.63) is 35.4 Å². The highest BCUT2D eigenvalue weighted by atomic mass is 19.4. The Morgan fingerprint density at radius 1 is 1.24 bits per heavy atom. The quantitative estimate of drug-likeness (QED) is 0.920. The summed E-state index contributed by atoms with van der Waals surface area (Å²) in [5.74, 6) is 0. The smallest absolute Gasteiger partial charge is 0.389 e. The minimum atomic E-state index is -4.33. The first-order valence-corrected chi connectivity index (χ1v) is 7.43. The Hall–Kier alpha value is -1.07. The Balaban J connectivity index is 2.02. The lowest BCUT2D eigenvalue weighted by Crippen LogP contribution is -2.45. The first-order valence-electron chi connectivity index (χ1n) is 7.43. The number of rotatable bonds is 4. The Bertz CT molecular complexity index is 465. The molecule has 0 aromatic heterocycles. The molecule has 1 aromatic carbocycles. The normalized spacial score (nSPS) is 19.7. The van der Waals surface area contributed by atoms with Crippen molar-refractivity contribution in [2.24, 2.45) is 0 Å². The zero-order chi connectivity index (χ0) is 15.5. The van der Waals surface area contributed by atoms with Crippen LogP contribution in [0.25, 0.3) is 0 Å². The van der Waals surface area contributed by atoms with E-state index in [1.165, 1.54) is 6.07 Å². The maximum Gasteiger partial charge on any atom is 0.416 e. The fraction of sp³-hybridized carbons (Fsp3) is 0.625. The van der Waals surface area contributed by atoms with Crippen molar-refractivity contribution in [1.82, 2.24) is 4.90 Å². The van der Waals surface area contributed by atoms with Crippen LogP contribution >= 0.6 is 0 Å². The molecular weight excluding hydrogens is 279 g/mol. The van der Waals surface area contributed by atoms with Gasteiger partial charge < -0.3 is 10.0 Å². The van der Waals surface area contributed by atoms with Crippen molar-refractivity contribution in [1.29, 1.82) is 0 Å². The van der Waals surface area contributed by atoms with Crippen molar-refractivity contribution in [3.63, 3.8) is 0 Å². The molecule has 0 spiro atoms. The van der Waals surface area contributed by atoms with E-state index in [-0.39, 0.29) is 6.42 Å². The van der Waals surface area contributed by atoms with Gasteiger partial charge in [-0.15, -0.1) is 0 Å². The number of piperidine rings is 1. The summed E-state index contributed by atoms with van der Waals surface area (Å²) in [6.45, 7) is 4.75. The van der Waals surface area contributed by atoms with Crippen molar-refractivity contribution in [2.45, 2.75) is 44.4 Å². The Morgan fingerprint density at radius 3 is 2.48 bits per heavy atom. The molecule has 1 N–H and O–H groups in total. The van der Waals surface area contributed by atoms with E-state index in [2.05, 4.69) is 11.8 Å². The highest BCUT2D eigenvalue weighted by Crippen LogP contribution is 2.32. The lowest BCUT2D eigenvalue weighted by atomic mass is 9.85. The molecule has 1 aliphatic rings. The molecule has 1 fully saturated rings. The third kappa shape index (κ3) is 4.45. The number of likely N-dealkylation sites (tertiary alicyclic amines) is 1. The fourth-order valence-electron chi connectivity index (χ4n) is 2.92. The predicted molar refractivity (Wildman–Crippen MR) is 76.1 cm³/mol. The summed E-state index contributed by atoms with van der Waals surface area (Å²) < 4.78 is 38.1. The van der Waals surface area contributed by atoms with Crippen LogP contribution in [0.5, 0.6) is 0 Å². The second-order valence-electron chi connectivity index (χ2n) is 5.94. The van der Waals surface area contributed by atoms with Crippen LogP contribution in [0, 0.1) is 0 Å². The molecule has 0 unspecified atom stereocenters. The molecule has 1 aromatic rings. The molecule has 0 aliphatic carbocycles. The molecule has 2 rings (SSSR count). The first kappa shape index (κ1) is 16.3. The third-order valence-corrected chi connectivity index (χ3v) is 4.11.